The van der Waals surface area contributed by atoms with Crippen LogP contribution in [0.15, 0.2) is 0 Å². The fourth-order valence-corrected chi connectivity index (χ4v) is 2.58. The van der Waals surface area contributed by atoms with Gasteiger partial charge in [-0.1, -0.05) is 12.8 Å². The van der Waals surface area contributed by atoms with Gasteiger partial charge in [-0.25, -0.2) is 0 Å². The highest BCUT2D eigenvalue weighted by atomic mass is 15.3. The molecule has 1 aliphatic heterocycles. The summed E-state index contributed by atoms with van der Waals surface area (Å²) in [5, 5.41) is 0. The Morgan fingerprint density at radius 1 is 1.15 bits per heavy atom. The second-order valence-electron chi connectivity index (χ2n) is 4.99. The molecule has 0 spiro atoms. The van der Waals surface area contributed by atoms with Crippen molar-refractivity contribution in [2.24, 2.45) is 5.92 Å². The molecule has 1 saturated carbocycles. The van der Waals surface area contributed by atoms with E-state index in [0.29, 0.717) is 0 Å². The third-order valence-electron chi connectivity index (χ3n) is 3.66. The van der Waals surface area contributed by atoms with Gasteiger partial charge in [-0.15, -0.1) is 0 Å². The molecule has 2 heteroatoms. The number of hydrogen-bond acceptors (Lipinski definition) is 2. The van der Waals surface area contributed by atoms with Gasteiger partial charge in [0.15, 0.2) is 0 Å². The second kappa shape index (κ2) is 3.97. The van der Waals surface area contributed by atoms with Gasteiger partial charge in [0.25, 0.3) is 0 Å². The Balaban J connectivity index is 1.63. The molecule has 2 fully saturated rings. The van der Waals surface area contributed by atoms with Crippen molar-refractivity contribution < 1.29 is 0 Å². The molecule has 0 unspecified atom stereocenters. The van der Waals surface area contributed by atoms with E-state index in [1.54, 1.807) is 0 Å². The minimum absolute atomic E-state index is 0.835. The summed E-state index contributed by atoms with van der Waals surface area (Å²) in [6.45, 7) is 4.00. The summed E-state index contributed by atoms with van der Waals surface area (Å²) in [6.07, 6.45) is 5.94. The van der Waals surface area contributed by atoms with Crippen LogP contribution < -0.4 is 0 Å². The first-order valence-electron chi connectivity index (χ1n) is 5.64. The van der Waals surface area contributed by atoms with Crippen molar-refractivity contribution in [2.45, 2.75) is 31.7 Å². The van der Waals surface area contributed by atoms with Crippen LogP contribution >= 0.6 is 0 Å². The standard InChI is InChI=1S/C11H22N2/c1-12(2)11-8-13(9-11)7-10-5-3-4-6-10/h10-11H,3-9H2,1-2H3. The second-order valence-corrected chi connectivity index (χ2v) is 4.99. The summed E-state index contributed by atoms with van der Waals surface area (Å²) >= 11 is 0. The van der Waals surface area contributed by atoms with E-state index in [-0.39, 0.29) is 0 Å². The van der Waals surface area contributed by atoms with Gasteiger partial charge in [0, 0.05) is 25.7 Å². The normalized spacial score (nSPS) is 27.0. The first kappa shape index (κ1) is 9.47. The fourth-order valence-electron chi connectivity index (χ4n) is 2.58. The van der Waals surface area contributed by atoms with Gasteiger partial charge >= 0.3 is 0 Å². The third-order valence-corrected chi connectivity index (χ3v) is 3.66. The van der Waals surface area contributed by atoms with Crippen LogP contribution in [0.5, 0.6) is 0 Å². The predicted octanol–water partition coefficient (Wildman–Crippen LogP) is 1.42. The van der Waals surface area contributed by atoms with E-state index in [1.807, 2.05) is 0 Å². The summed E-state index contributed by atoms with van der Waals surface area (Å²) in [5.74, 6) is 1.03. The van der Waals surface area contributed by atoms with E-state index in [0.717, 1.165) is 12.0 Å². The monoisotopic (exact) mass is 182 g/mol. The lowest BCUT2D eigenvalue weighted by atomic mass is 10.0. The first-order valence-corrected chi connectivity index (χ1v) is 5.64. The molecule has 0 amide bonds. The molecule has 76 valence electrons. The van der Waals surface area contributed by atoms with Crippen molar-refractivity contribution in [1.82, 2.24) is 9.80 Å². The largest absolute Gasteiger partial charge is 0.304 e. The van der Waals surface area contributed by atoms with Gasteiger partial charge in [0.1, 0.15) is 0 Å². The van der Waals surface area contributed by atoms with Crippen molar-refractivity contribution in [3.8, 4) is 0 Å². The number of nitrogens with zero attached hydrogens (tertiary/aromatic N) is 2. The maximum Gasteiger partial charge on any atom is 0.0344 e. The third kappa shape index (κ3) is 2.23. The van der Waals surface area contributed by atoms with Crippen LogP contribution in [0.2, 0.25) is 0 Å². The van der Waals surface area contributed by atoms with E-state index >= 15 is 0 Å². The molecular formula is C11H22N2. The molecule has 0 aromatic rings. The molecule has 0 radical (unpaired) electrons. The smallest absolute Gasteiger partial charge is 0.0344 e. The van der Waals surface area contributed by atoms with Gasteiger partial charge in [-0.05, 0) is 32.9 Å². The highest BCUT2D eigenvalue weighted by Gasteiger charge is 2.30. The lowest BCUT2D eigenvalue weighted by molar-refractivity contribution is 0.0511. The molecule has 0 aromatic heterocycles. The molecular weight excluding hydrogens is 160 g/mol. The Kier molecular flexibility index (Phi) is 2.89. The Bertz CT molecular complexity index is 155. The van der Waals surface area contributed by atoms with Gasteiger partial charge in [0.05, 0.1) is 0 Å². The molecule has 0 aromatic carbocycles. The summed E-state index contributed by atoms with van der Waals surface area (Å²) in [5.41, 5.74) is 0. The van der Waals surface area contributed by atoms with Crippen molar-refractivity contribution in [2.75, 3.05) is 33.7 Å². The zero-order valence-corrected chi connectivity index (χ0v) is 9.00. The van der Waals surface area contributed by atoms with E-state index in [2.05, 4.69) is 23.9 Å². The molecule has 0 atom stereocenters. The summed E-state index contributed by atoms with van der Waals surface area (Å²) in [4.78, 5) is 4.98. The molecule has 0 N–H and O–H groups in total. The van der Waals surface area contributed by atoms with E-state index in [1.165, 1.54) is 45.3 Å². The first-order chi connectivity index (χ1) is 6.25. The molecule has 1 aliphatic carbocycles. The highest BCUT2D eigenvalue weighted by Crippen LogP contribution is 2.27. The Labute approximate surface area is 81.9 Å². The summed E-state index contributed by atoms with van der Waals surface area (Å²) in [6, 6.07) is 0.835. The van der Waals surface area contributed by atoms with E-state index in [4.69, 9.17) is 0 Å². The quantitative estimate of drug-likeness (QED) is 0.651. The minimum Gasteiger partial charge on any atom is -0.304 e. The number of rotatable bonds is 3. The minimum atomic E-state index is 0.835. The van der Waals surface area contributed by atoms with Crippen LogP contribution in [-0.4, -0.2) is 49.6 Å². The predicted molar refractivity (Wildman–Crippen MR) is 55.9 cm³/mol. The van der Waals surface area contributed by atoms with Gasteiger partial charge in [-0.3, -0.25) is 4.90 Å². The van der Waals surface area contributed by atoms with Crippen molar-refractivity contribution in [3.05, 3.63) is 0 Å². The van der Waals surface area contributed by atoms with Gasteiger partial charge < -0.3 is 4.90 Å². The summed E-state index contributed by atoms with van der Waals surface area (Å²) in [7, 11) is 4.38. The Morgan fingerprint density at radius 2 is 1.77 bits per heavy atom. The molecule has 1 heterocycles. The topological polar surface area (TPSA) is 6.48 Å². The van der Waals surface area contributed by atoms with Crippen LogP contribution in [0.1, 0.15) is 25.7 Å². The molecule has 2 rings (SSSR count). The van der Waals surface area contributed by atoms with Crippen LogP contribution in [-0.2, 0) is 0 Å². The maximum atomic E-state index is 2.63. The molecule has 2 aliphatic rings. The number of likely N-dealkylation sites (N-methyl/N-ethyl adjacent to an activating group) is 1. The average molecular weight is 182 g/mol. The Morgan fingerprint density at radius 3 is 2.31 bits per heavy atom. The summed E-state index contributed by atoms with van der Waals surface area (Å²) < 4.78 is 0. The fraction of sp³-hybridized carbons (Fsp3) is 1.00. The molecule has 13 heavy (non-hydrogen) atoms. The van der Waals surface area contributed by atoms with E-state index < -0.39 is 0 Å². The lowest BCUT2D eigenvalue weighted by Crippen LogP contribution is -2.58. The number of likely N-dealkylation sites (tertiary alicyclic amines) is 1. The van der Waals surface area contributed by atoms with Gasteiger partial charge in [0.2, 0.25) is 0 Å². The van der Waals surface area contributed by atoms with Crippen LogP contribution in [0, 0.1) is 5.92 Å². The molecule has 0 bridgehead atoms. The van der Waals surface area contributed by atoms with Crippen molar-refractivity contribution in [1.29, 1.82) is 0 Å². The SMILES string of the molecule is CN(C)C1CN(CC2CCCC2)C1. The van der Waals surface area contributed by atoms with Crippen LogP contribution in [0.3, 0.4) is 0 Å². The zero-order chi connectivity index (χ0) is 9.26. The van der Waals surface area contributed by atoms with Crippen molar-refractivity contribution >= 4 is 0 Å². The average Bonchev–Trinajstić information content (AvgIpc) is 2.46. The highest BCUT2D eigenvalue weighted by molar-refractivity contribution is 4.87. The Hall–Kier alpha value is -0.0800. The van der Waals surface area contributed by atoms with Crippen LogP contribution in [0.4, 0.5) is 0 Å². The lowest BCUT2D eigenvalue weighted by Gasteiger charge is -2.43. The maximum absolute atomic E-state index is 2.63. The van der Waals surface area contributed by atoms with E-state index in [9.17, 15) is 0 Å². The van der Waals surface area contributed by atoms with Gasteiger partial charge in [-0.2, -0.15) is 0 Å². The van der Waals surface area contributed by atoms with Crippen molar-refractivity contribution in [3.63, 3.8) is 0 Å². The zero-order valence-electron chi connectivity index (χ0n) is 9.00. The molecule has 1 saturated heterocycles. The number of hydrogen-bond donors (Lipinski definition) is 0. The molecule has 2 nitrogen and oxygen atoms in total. The van der Waals surface area contributed by atoms with Crippen LogP contribution in [0.25, 0.3) is 0 Å².